The third-order valence-corrected chi connectivity index (χ3v) is 1.25. The fourth-order valence-electron chi connectivity index (χ4n) is 0.765. The number of hydrogen-bond acceptors (Lipinski definition) is 1. The van der Waals surface area contributed by atoms with Crippen molar-refractivity contribution in [3.63, 3.8) is 0 Å². The van der Waals surface area contributed by atoms with Gasteiger partial charge in [0, 0.05) is 13.5 Å². The smallest absolute Gasteiger partial charge is 0.217 e. The molecule has 0 atom stereocenters. The van der Waals surface area contributed by atoms with E-state index in [2.05, 4.69) is 11.9 Å². The molecule has 14 heavy (non-hydrogen) atoms. The predicted molar refractivity (Wildman–Crippen MR) is 63.1 cm³/mol. The van der Waals surface area contributed by atoms with Crippen molar-refractivity contribution in [2.75, 3.05) is 6.54 Å². The van der Waals surface area contributed by atoms with Crippen molar-refractivity contribution >= 4 is 5.91 Å². The number of allylic oxidation sites excluding steroid dienone is 3. The molecule has 0 heterocycles. The summed E-state index contributed by atoms with van der Waals surface area (Å²) >= 11 is 0. The van der Waals surface area contributed by atoms with Gasteiger partial charge in [-0.25, -0.2) is 0 Å². The maximum absolute atomic E-state index is 10.6. The molecule has 0 saturated carbocycles. The monoisotopic (exact) mass is 195 g/mol. The number of carbonyl (C=O) groups excluding carboxylic acids is 1. The molecule has 0 fully saturated rings. The Labute approximate surface area is 87.4 Å². The van der Waals surface area contributed by atoms with Crippen LogP contribution in [-0.2, 0) is 4.79 Å². The van der Waals surface area contributed by atoms with Crippen molar-refractivity contribution in [1.82, 2.24) is 5.32 Å². The van der Waals surface area contributed by atoms with Crippen LogP contribution in [-0.4, -0.2) is 12.5 Å². The Kier molecular flexibility index (Phi) is 12.7. The van der Waals surface area contributed by atoms with E-state index in [9.17, 15) is 4.79 Å². The molecular formula is C12H21NO. The molecule has 1 N–H and O–H groups in total. The molecule has 0 aliphatic rings. The van der Waals surface area contributed by atoms with Gasteiger partial charge in [-0.05, 0) is 12.5 Å². The molecule has 0 aliphatic carbocycles. The van der Waals surface area contributed by atoms with Crippen molar-refractivity contribution in [3.8, 4) is 0 Å². The highest BCUT2D eigenvalue weighted by molar-refractivity contribution is 5.73. The molecule has 0 spiro atoms. The Morgan fingerprint density at radius 1 is 1.43 bits per heavy atom. The minimum atomic E-state index is -0.0190. The summed E-state index contributed by atoms with van der Waals surface area (Å²) < 4.78 is 0. The summed E-state index contributed by atoms with van der Waals surface area (Å²) in [7, 11) is 0. The lowest BCUT2D eigenvalue weighted by Gasteiger charge is -2.01. The SMILES string of the molecule is C=C/C=C(\C=C/C)CNC(C)=O.CC. The van der Waals surface area contributed by atoms with E-state index in [0.717, 1.165) is 5.57 Å². The summed E-state index contributed by atoms with van der Waals surface area (Å²) in [5, 5.41) is 2.71. The van der Waals surface area contributed by atoms with Gasteiger partial charge in [0.05, 0.1) is 0 Å². The number of rotatable bonds is 4. The Bertz CT molecular complexity index is 214. The van der Waals surface area contributed by atoms with Crippen molar-refractivity contribution in [3.05, 3.63) is 36.5 Å². The highest BCUT2D eigenvalue weighted by Crippen LogP contribution is 1.95. The first-order valence-corrected chi connectivity index (χ1v) is 4.89. The van der Waals surface area contributed by atoms with Crippen molar-refractivity contribution in [2.24, 2.45) is 0 Å². The summed E-state index contributed by atoms with van der Waals surface area (Å²) in [5.74, 6) is -0.0190. The highest BCUT2D eigenvalue weighted by Gasteiger charge is 1.92. The fraction of sp³-hybridized carbons (Fsp3) is 0.417. The van der Waals surface area contributed by atoms with Gasteiger partial charge in [0.1, 0.15) is 0 Å². The van der Waals surface area contributed by atoms with Crippen LogP contribution in [0.3, 0.4) is 0 Å². The van der Waals surface area contributed by atoms with Gasteiger partial charge in [-0.1, -0.05) is 44.7 Å². The van der Waals surface area contributed by atoms with Crippen molar-refractivity contribution < 1.29 is 4.79 Å². The molecule has 0 bridgehead atoms. The maximum atomic E-state index is 10.6. The summed E-state index contributed by atoms with van der Waals surface area (Å²) in [6.07, 6.45) is 7.45. The summed E-state index contributed by atoms with van der Waals surface area (Å²) in [6.45, 7) is 11.6. The first-order chi connectivity index (χ1) is 6.70. The van der Waals surface area contributed by atoms with E-state index in [4.69, 9.17) is 0 Å². The minimum absolute atomic E-state index is 0.0190. The van der Waals surface area contributed by atoms with Crippen molar-refractivity contribution in [2.45, 2.75) is 27.7 Å². The van der Waals surface area contributed by atoms with E-state index < -0.39 is 0 Å². The number of nitrogens with one attached hydrogen (secondary N) is 1. The van der Waals surface area contributed by atoms with Crippen LogP contribution >= 0.6 is 0 Å². The Balaban J connectivity index is 0. The molecule has 0 radical (unpaired) electrons. The first kappa shape index (κ1) is 15.2. The maximum Gasteiger partial charge on any atom is 0.217 e. The molecule has 0 aliphatic heterocycles. The van der Waals surface area contributed by atoms with Crippen LogP contribution in [0.4, 0.5) is 0 Å². The van der Waals surface area contributed by atoms with E-state index in [0.29, 0.717) is 6.54 Å². The Morgan fingerprint density at radius 3 is 2.36 bits per heavy atom. The van der Waals surface area contributed by atoms with Crippen LogP contribution in [0.25, 0.3) is 0 Å². The fourth-order valence-corrected chi connectivity index (χ4v) is 0.765. The predicted octanol–water partition coefficient (Wildman–Crippen LogP) is 2.84. The molecule has 1 amide bonds. The van der Waals surface area contributed by atoms with Crippen LogP contribution in [0.2, 0.25) is 0 Å². The van der Waals surface area contributed by atoms with Gasteiger partial charge in [0.15, 0.2) is 0 Å². The number of carbonyl (C=O) groups is 1. The van der Waals surface area contributed by atoms with Crippen LogP contribution in [0.5, 0.6) is 0 Å². The minimum Gasteiger partial charge on any atom is -0.352 e. The Morgan fingerprint density at radius 2 is 2.00 bits per heavy atom. The Hall–Kier alpha value is -1.31. The zero-order chi connectivity index (χ0) is 11.4. The second-order valence-electron chi connectivity index (χ2n) is 2.39. The van der Waals surface area contributed by atoms with Gasteiger partial charge in [-0.15, -0.1) is 0 Å². The average Bonchev–Trinajstić information content (AvgIpc) is 2.18. The first-order valence-electron chi connectivity index (χ1n) is 4.89. The van der Waals surface area contributed by atoms with Crippen LogP contribution in [0.1, 0.15) is 27.7 Å². The van der Waals surface area contributed by atoms with Gasteiger partial charge < -0.3 is 5.32 Å². The van der Waals surface area contributed by atoms with E-state index >= 15 is 0 Å². The molecular weight excluding hydrogens is 174 g/mol. The van der Waals surface area contributed by atoms with Crippen molar-refractivity contribution in [1.29, 1.82) is 0 Å². The summed E-state index contributed by atoms with van der Waals surface area (Å²) in [5.41, 5.74) is 1.04. The molecule has 80 valence electrons. The van der Waals surface area contributed by atoms with E-state index in [-0.39, 0.29) is 5.91 Å². The van der Waals surface area contributed by atoms with Gasteiger partial charge in [0.25, 0.3) is 0 Å². The van der Waals surface area contributed by atoms with Gasteiger partial charge in [0.2, 0.25) is 5.91 Å². The topological polar surface area (TPSA) is 29.1 Å². The molecule has 0 rings (SSSR count). The zero-order valence-corrected chi connectivity index (χ0v) is 9.63. The van der Waals surface area contributed by atoms with Gasteiger partial charge >= 0.3 is 0 Å². The third-order valence-electron chi connectivity index (χ3n) is 1.25. The van der Waals surface area contributed by atoms with Crippen LogP contribution in [0, 0.1) is 0 Å². The van der Waals surface area contributed by atoms with Crippen LogP contribution < -0.4 is 5.32 Å². The standard InChI is InChI=1S/C10H15NO.C2H6/c1-4-6-10(7-5-2)8-11-9(3)12;1-2/h4-7H,1,8H2,2-3H3,(H,11,12);1-2H3/b7-5-,10-6+;. The van der Waals surface area contributed by atoms with Gasteiger partial charge in [-0.2, -0.15) is 0 Å². The molecule has 2 nitrogen and oxygen atoms in total. The van der Waals surface area contributed by atoms with E-state index in [1.165, 1.54) is 6.92 Å². The average molecular weight is 195 g/mol. The summed E-state index contributed by atoms with van der Waals surface area (Å²) in [4.78, 5) is 10.6. The lowest BCUT2D eigenvalue weighted by molar-refractivity contribution is -0.118. The van der Waals surface area contributed by atoms with Gasteiger partial charge in [-0.3, -0.25) is 4.79 Å². The second kappa shape index (κ2) is 11.7. The lowest BCUT2D eigenvalue weighted by Crippen LogP contribution is -2.21. The highest BCUT2D eigenvalue weighted by atomic mass is 16.1. The van der Waals surface area contributed by atoms with E-state index in [1.807, 2.05) is 39.0 Å². The molecule has 2 heteroatoms. The second-order valence-corrected chi connectivity index (χ2v) is 2.39. The quantitative estimate of drug-likeness (QED) is 0.687. The van der Waals surface area contributed by atoms with E-state index in [1.54, 1.807) is 6.08 Å². The molecule has 0 aromatic carbocycles. The van der Waals surface area contributed by atoms with Crippen LogP contribution in [0.15, 0.2) is 36.5 Å². The molecule has 0 unspecified atom stereocenters. The number of hydrogen-bond donors (Lipinski definition) is 1. The molecule has 0 aromatic rings. The molecule has 0 saturated heterocycles. The zero-order valence-electron chi connectivity index (χ0n) is 9.63. The largest absolute Gasteiger partial charge is 0.352 e. The third kappa shape index (κ3) is 10.7. The lowest BCUT2D eigenvalue weighted by atomic mass is 10.2. The molecule has 0 aromatic heterocycles. The summed E-state index contributed by atoms with van der Waals surface area (Å²) in [6, 6.07) is 0. The normalized spacial score (nSPS) is 10.4. The number of amides is 1.